The Morgan fingerprint density at radius 3 is 2.76 bits per heavy atom. The Morgan fingerprint density at radius 1 is 1.59 bits per heavy atom. The number of benzene rings is 1. The zero-order valence-electron chi connectivity index (χ0n) is 8.47. The lowest BCUT2D eigenvalue weighted by Gasteiger charge is -2.07. The molecule has 1 aromatic carbocycles. The van der Waals surface area contributed by atoms with Gasteiger partial charge in [-0.2, -0.15) is 0 Å². The topological polar surface area (TPSA) is 83.6 Å². The number of nitro groups is 1. The number of halogens is 2. The van der Waals surface area contributed by atoms with E-state index in [1.807, 2.05) is 0 Å². The Hall–Kier alpha value is -0.890. The molecule has 8 heteroatoms. The van der Waals surface area contributed by atoms with Gasteiger partial charge in [0.2, 0.25) is 0 Å². The highest BCUT2D eigenvalue weighted by Gasteiger charge is 2.19. The molecule has 0 spiro atoms. The molecule has 1 rings (SSSR count). The summed E-state index contributed by atoms with van der Waals surface area (Å²) in [6.07, 6.45) is -0.997. The number of aliphatic hydroxyl groups excluding tert-OH is 2. The zero-order chi connectivity index (χ0) is 13.0. The average molecular weight is 282 g/mol. The molecule has 5 nitrogen and oxygen atoms in total. The van der Waals surface area contributed by atoms with Crippen molar-refractivity contribution in [3.8, 4) is 0 Å². The molecule has 0 aromatic heterocycles. The van der Waals surface area contributed by atoms with Gasteiger partial charge in [-0.1, -0.05) is 11.6 Å². The Kier molecular flexibility index (Phi) is 5.13. The molecule has 0 aliphatic heterocycles. The standard InChI is InChI=1S/C9H9ClFNO4S/c10-6-1-9(17-4-5(14)3-13)8(12(15)16)2-7(6)11/h1-2,5,13-14H,3-4H2. The maximum Gasteiger partial charge on any atom is 0.285 e. The molecule has 0 bridgehead atoms. The molecule has 0 heterocycles. The van der Waals surface area contributed by atoms with Gasteiger partial charge in [0.25, 0.3) is 5.69 Å². The van der Waals surface area contributed by atoms with Crippen LogP contribution in [0.1, 0.15) is 0 Å². The molecule has 0 radical (unpaired) electrons. The maximum absolute atomic E-state index is 13.0. The fourth-order valence-electron chi connectivity index (χ4n) is 1.02. The van der Waals surface area contributed by atoms with Gasteiger partial charge in [0.1, 0.15) is 5.82 Å². The maximum atomic E-state index is 13.0. The molecule has 0 saturated carbocycles. The number of hydrogen-bond donors (Lipinski definition) is 2. The lowest BCUT2D eigenvalue weighted by atomic mass is 10.3. The van der Waals surface area contributed by atoms with Gasteiger partial charge >= 0.3 is 0 Å². The van der Waals surface area contributed by atoms with Crippen molar-refractivity contribution in [2.24, 2.45) is 0 Å². The van der Waals surface area contributed by atoms with Crippen molar-refractivity contribution in [2.45, 2.75) is 11.0 Å². The van der Waals surface area contributed by atoms with Crippen LogP contribution in [0.15, 0.2) is 17.0 Å². The fraction of sp³-hybridized carbons (Fsp3) is 0.333. The second-order valence-corrected chi connectivity index (χ2v) is 4.61. The lowest BCUT2D eigenvalue weighted by Crippen LogP contribution is -2.14. The van der Waals surface area contributed by atoms with Crippen LogP contribution in [-0.4, -0.2) is 33.6 Å². The summed E-state index contributed by atoms with van der Waals surface area (Å²) < 4.78 is 13.0. The molecule has 17 heavy (non-hydrogen) atoms. The zero-order valence-corrected chi connectivity index (χ0v) is 10.0. The molecule has 0 aliphatic carbocycles. The summed E-state index contributed by atoms with van der Waals surface area (Å²) in [6, 6.07) is 1.86. The second-order valence-electron chi connectivity index (χ2n) is 3.14. The highest BCUT2D eigenvalue weighted by molar-refractivity contribution is 7.99. The SMILES string of the molecule is O=[N+]([O-])c1cc(F)c(Cl)cc1SCC(O)CO. The number of aliphatic hydroxyl groups is 2. The quantitative estimate of drug-likeness (QED) is 0.489. The van der Waals surface area contributed by atoms with Crippen LogP contribution in [0.5, 0.6) is 0 Å². The van der Waals surface area contributed by atoms with Crippen molar-refractivity contribution in [3.05, 3.63) is 33.1 Å². The summed E-state index contributed by atoms with van der Waals surface area (Å²) in [4.78, 5) is 10.1. The van der Waals surface area contributed by atoms with Crippen LogP contribution in [0.2, 0.25) is 5.02 Å². The molecular weight excluding hydrogens is 273 g/mol. The minimum absolute atomic E-state index is 0.0549. The molecular formula is C9H9ClFNO4S. The highest BCUT2D eigenvalue weighted by Crippen LogP contribution is 2.33. The second kappa shape index (κ2) is 6.15. The first-order chi connectivity index (χ1) is 7.95. The molecule has 1 aromatic rings. The molecule has 94 valence electrons. The van der Waals surface area contributed by atoms with Crippen LogP contribution in [0.4, 0.5) is 10.1 Å². The fourth-order valence-corrected chi connectivity index (χ4v) is 2.20. The molecule has 0 fully saturated rings. The van der Waals surface area contributed by atoms with Crippen molar-refractivity contribution in [2.75, 3.05) is 12.4 Å². The van der Waals surface area contributed by atoms with Gasteiger partial charge in [-0.05, 0) is 6.07 Å². The number of nitrogens with zero attached hydrogens (tertiary/aromatic N) is 1. The van der Waals surface area contributed by atoms with E-state index >= 15 is 0 Å². The predicted molar refractivity (Wildman–Crippen MR) is 61.9 cm³/mol. The van der Waals surface area contributed by atoms with Crippen molar-refractivity contribution in [1.29, 1.82) is 0 Å². The first-order valence-electron chi connectivity index (χ1n) is 4.51. The Balaban J connectivity index is 2.96. The van der Waals surface area contributed by atoms with E-state index in [2.05, 4.69) is 0 Å². The van der Waals surface area contributed by atoms with E-state index in [4.69, 9.17) is 21.8 Å². The van der Waals surface area contributed by atoms with Gasteiger partial charge in [0.15, 0.2) is 0 Å². The minimum Gasteiger partial charge on any atom is -0.394 e. The van der Waals surface area contributed by atoms with E-state index < -0.39 is 29.1 Å². The largest absolute Gasteiger partial charge is 0.394 e. The molecule has 1 atom stereocenters. The van der Waals surface area contributed by atoms with Crippen LogP contribution >= 0.6 is 23.4 Å². The van der Waals surface area contributed by atoms with Crippen LogP contribution in [0.3, 0.4) is 0 Å². The van der Waals surface area contributed by atoms with Crippen LogP contribution in [0, 0.1) is 15.9 Å². The van der Waals surface area contributed by atoms with E-state index in [1.165, 1.54) is 0 Å². The average Bonchev–Trinajstić information content (AvgIpc) is 2.29. The van der Waals surface area contributed by atoms with Crippen LogP contribution < -0.4 is 0 Å². The number of rotatable bonds is 5. The van der Waals surface area contributed by atoms with E-state index in [9.17, 15) is 14.5 Å². The number of hydrogen-bond acceptors (Lipinski definition) is 5. The first-order valence-corrected chi connectivity index (χ1v) is 5.87. The Bertz CT molecular complexity index is 432. The van der Waals surface area contributed by atoms with E-state index in [0.29, 0.717) is 0 Å². The Labute approximate surface area is 105 Å². The van der Waals surface area contributed by atoms with Gasteiger partial charge in [0, 0.05) is 5.75 Å². The summed E-state index contributed by atoms with van der Waals surface area (Å²) in [5, 5.41) is 28.2. The van der Waals surface area contributed by atoms with Gasteiger partial charge in [-0.15, -0.1) is 11.8 Å². The smallest absolute Gasteiger partial charge is 0.285 e. The molecule has 0 saturated heterocycles. The summed E-state index contributed by atoms with van der Waals surface area (Å²) in [5.41, 5.74) is -0.415. The highest BCUT2D eigenvalue weighted by atomic mass is 35.5. The van der Waals surface area contributed by atoms with Gasteiger partial charge in [0.05, 0.1) is 33.6 Å². The minimum atomic E-state index is -0.997. The van der Waals surface area contributed by atoms with Crippen molar-refractivity contribution in [3.63, 3.8) is 0 Å². The van der Waals surface area contributed by atoms with Crippen molar-refractivity contribution in [1.82, 2.24) is 0 Å². The van der Waals surface area contributed by atoms with Crippen molar-refractivity contribution < 1.29 is 19.5 Å². The van der Waals surface area contributed by atoms with E-state index in [0.717, 1.165) is 23.9 Å². The Morgan fingerprint density at radius 2 is 2.24 bits per heavy atom. The van der Waals surface area contributed by atoms with Gasteiger partial charge in [-0.25, -0.2) is 4.39 Å². The summed E-state index contributed by atoms with van der Waals surface area (Å²) >= 11 is 6.45. The first kappa shape index (κ1) is 14.2. The third kappa shape index (κ3) is 3.81. The summed E-state index contributed by atoms with van der Waals surface area (Å²) in [5.74, 6) is -0.815. The third-order valence-electron chi connectivity index (χ3n) is 1.84. The predicted octanol–water partition coefficient (Wildman–Crippen LogP) is 1.83. The number of nitro benzene ring substituents is 1. The molecule has 1 unspecified atom stereocenters. The summed E-state index contributed by atoms with van der Waals surface area (Å²) in [7, 11) is 0. The van der Waals surface area contributed by atoms with E-state index in [-0.39, 0.29) is 15.7 Å². The third-order valence-corrected chi connectivity index (χ3v) is 3.32. The lowest BCUT2D eigenvalue weighted by molar-refractivity contribution is -0.387. The van der Waals surface area contributed by atoms with Crippen LogP contribution in [-0.2, 0) is 0 Å². The van der Waals surface area contributed by atoms with Crippen LogP contribution in [0.25, 0.3) is 0 Å². The van der Waals surface area contributed by atoms with Crippen molar-refractivity contribution >= 4 is 29.1 Å². The normalized spacial score (nSPS) is 12.5. The molecule has 0 amide bonds. The van der Waals surface area contributed by atoms with Gasteiger partial charge < -0.3 is 10.2 Å². The molecule has 0 aliphatic rings. The van der Waals surface area contributed by atoms with E-state index in [1.54, 1.807) is 0 Å². The monoisotopic (exact) mass is 281 g/mol. The number of thioether (sulfide) groups is 1. The van der Waals surface area contributed by atoms with Gasteiger partial charge in [-0.3, -0.25) is 10.1 Å². The summed E-state index contributed by atoms with van der Waals surface area (Å²) in [6.45, 7) is -0.449. The molecule has 2 N–H and O–H groups in total.